The summed E-state index contributed by atoms with van der Waals surface area (Å²) in [5.41, 5.74) is -0.0294. The van der Waals surface area contributed by atoms with Crippen LogP contribution in [0.1, 0.15) is 20.3 Å². The van der Waals surface area contributed by atoms with Crippen LogP contribution < -0.4 is 4.74 Å². The highest BCUT2D eigenvalue weighted by Gasteiger charge is 2.42. The summed E-state index contributed by atoms with van der Waals surface area (Å²) in [4.78, 5) is 0.294. The molecule has 1 aromatic rings. The molecule has 0 radical (unpaired) electrons. The van der Waals surface area contributed by atoms with Crippen molar-refractivity contribution in [2.24, 2.45) is 5.41 Å². The molecular weight excluding hydrogens is 274 g/mol. The largest absolute Gasteiger partial charge is 0.497 e. The summed E-state index contributed by atoms with van der Waals surface area (Å²) < 4.78 is 32.1. The molecule has 2 rings (SSSR count). The first kappa shape index (κ1) is 15.1. The summed E-state index contributed by atoms with van der Waals surface area (Å²) in [6, 6.07) is 6.35. The van der Waals surface area contributed by atoms with Gasteiger partial charge in [0.15, 0.2) is 0 Å². The third-order valence-electron chi connectivity index (χ3n) is 3.65. The molecule has 1 saturated heterocycles. The van der Waals surface area contributed by atoms with Crippen LogP contribution in [0.15, 0.2) is 41.8 Å². The van der Waals surface area contributed by atoms with Gasteiger partial charge >= 0.3 is 0 Å². The number of methoxy groups -OCH3 is 1. The first-order valence-corrected chi connectivity index (χ1v) is 8.03. The number of benzene rings is 1. The summed E-state index contributed by atoms with van der Waals surface area (Å²) in [5, 5.41) is 0. The van der Waals surface area contributed by atoms with Crippen LogP contribution in [0.2, 0.25) is 0 Å². The molecule has 1 aliphatic rings. The Labute approximate surface area is 121 Å². The zero-order valence-electron chi connectivity index (χ0n) is 12.2. The van der Waals surface area contributed by atoms with Gasteiger partial charge in [0.1, 0.15) is 5.75 Å². The normalized spacial score (nSPS) is 22.6. The van der Waals surface area contributed by atoms with Crippen molar-refractivity contribution >= 4 is 10.0 Å². The average Bonchev–Trinajstić information content (AvgIpc) is 2.75. The van der Waals surface area contributed by atoms with Gasteiger partial charge in [-0.05, 0) is 36.1 Å². The van der Waals surface area contributed by atoms with Crippen LogP contribution in [0.5, 0.6) is 5.75 Å². The highest BCUT2D eigenvalue weighted by Crippen LogP contribution is 2.38. The Balaban J connectivity index is 2.36. The lowest BCUT2D eigenvalue weighted by Crippen LogP contribution is -2.35. The summed E-state index contributed by atoms with van der Waals surface area (Å²) in [6.45, 7) is 8.43. The lowest BCUT2D eigenvalue weighted by molar-refractivity contribution is 0.373. The van der Waals surface area contributed by atoms with E-state index in [1.807, 2.05) is 0 Å². The van der Waals surface area contributed by atoms with E-state index in [1.54, 1.807) is 41.8 Å². The Morgan fingerprint density at radius 3 is 2.45 bits per heavy atom. The standard InChI is InChI=1S/C15H21NO3S/c1-5-12-10-15(2,3)11-16(12)20(17,18)14-8-6-13(19-4)7-9-14/h5-9,12H,1,10-11H2,2-4H3. The second kappa shape index (κ2) is 5.22. The molecule has 1 aromatic carbocycles. The predicted molar refractivity (Wildman–Crippen MR) is 79.3 cm³/mol. The Morgan fingerprint density at radius 1 is 1.35 bits per heavy atom. The van der Waals surface area contributed by atoms with E-state index in [4.69, 9.17) is 4.74 Å². The molecule has 20 heavy (non-hydrogen) atoms. The van der Waals surface area contributed by atoms with Crippen molar-refractivity contribution in [3.8, 4) is 5.75 Å². The molecule has 0 aliphatic carbocycles. The van der Waals surface area contributed by atoms with Gasteiger partial charge in [0.05, 0.1) is 12.0 Å². The summed E-state index contributed by atoms with van der Waals surface area (Å²) in [6.07, 6.45) is 2.52. The van der Waals surface area contributed by atoms with Crippen molar-refractivity contribution in [2.75, 3.05) is 13.7 Å². The maximum Gasteiger partial charge on any atom is 0.243 e. The molecule has 4 nitrogen and oxygen atoms in total. The molecule has 0 bridgehead atoms. The molecule has 0 amide bonds. The average molecular weight is 295 g/mol. The van der Waals surface area contributed by atoms with Gasteiger partial charge in [0, 0.05) is 12.6 Å². The molecule has 0 saturated carbocycles. The van der Waals surface area contributed by atoms with Crippen LogP contribution in [0, 0.1) is 5.41 Å². The predicted octanol–water partition coefficient (Wildman–Crippen LogP) is 2.67. The fourth-order valence-corrected chi connectivity index (χ4v) is 4.41. The zero-order valence-corrected chi connectivity index (χ0v) is 13.0. The smallest absolute Gasteiger partial charge is 0.243 e. The lowest BCUT2D eigenvalue weighted by Gasteiger charge is -2.22. The summed E-state index contributed by atoms with van der Waals surface area (Å²) >= 11 is 0. The van der Waals surface area contributed by atoms with Crippen molar-refractivity contribution in [1.82, 2.24) is 4.31 Å². The highest BCUT2D eigenvalue weighted by molar-refractivity contribution is 7.89. The van der Waals surface area contributed by atoms with E-state index in [0.717, 1.165) is 6.42 Å². The summed E-state index contributed by atoms with van der Waals surface area (Å²) in [7, 11) is -1.93. The van der Waals surface area contributed by atoms with Crippen LogP contribution in [0.3, 0.4) is 0 Å². The van der Waals surface area contributed by atoms with Crippen LogP contribution >= 0.6 is 0 Å². The minimum Gasteiger partial charge on any atom is -0.497 e. The Bertz CT molecular complexity index is 590. The number of sulfonamides is 1. The van der Waals surface area contributed by atoms with Crippen molar-refractivity contribution < 1.29 is 13.2 Å². The van der Waals surface area contributed by atoms with E-state index < -0.39 is 10.0 Å². The molecule has 0 N–H and O–H groups in total. The SMILES string of the molecule is C=CC1CC(C)(C)CN1S(=O)(=O)c1ccc(OC)cc1. The van der Waals surface area contributed by atoms with Gasteiger partial charge in [-0.25, -0.2) is 8.42 Å². The minimum atomic E-state index is -3.49. The third-order valence-corrected chi connectivity index (χ3v) is 5.54. The van der Waals surface area contributed by atoms with E-state index in [9.17, 15) is 8.42 Å². The number of hydrogen-bond acceptors (Lipinski definition) is 3. The Kier molecular flexibility index (Phi) is 3.93. The second-order valence-electron chi connectivity index (χ2n) is 5.90. The molecule has 5 heteroatoms. The van der Waals surface area contributed by atoms with E-state index in [2.05, 4.69) is 20.4 Å². The van der Waals surface area contributed by atoms with Crippen molar-refractivity contribution in [3.63, 3.8) is 0 Å². The molecule has 1 heterocycles. The van der Waals surface area contributed by atoms with E-state index in [1.165, 1.54) is 0 Å². The van der Waals surface area contributed by atoms with Crippen LogP contribution in [0.4, 0.5) is 0 Å². The topological polar surface area (TPSA) is 46.6 Å². The van der Waals surface area contributed by atoms with Crippen molar-refractivity contribution in [1.29, 1.82) is 0 Å². The maximum absolute atomic E-state index is 12.7. The van der Waals surface area contributed by atoms with Crippen LogP contribution in [-0.2, 0) is 10.0 Å². The number of ether oxygens (including phenoxy) is 1. The second-order valence-corrected chi connectivity index (χ2v) is 7.79. The van der Waals surface area contributed by atoms with Crippen LogP contribution in [0.25, 0.3) is 0 Å². The molecule has 1 fully saturated rings. The summed E-state index contributed by atoms with van der Waals surface area (Å²) in [5.74, 6) is 0.644. The van der Waals surface area contributed by atoms with Gasteiger partial charge in [-0.1, -0.05) is 19.9 Å². The fraction of sp³-hybridized carbons (Fsp3) is 0.467. The van der Waals surface area contributed by atoms with E-state index in [0.29, 0.717) is 17.2 Å². The maximum atomic E-state index is 12.7. The Hall–Kier alpha value is -1.33. The number of nitrogens with zero attached hydrogens (tertiary/aromatic N) is 1. The number of hydrogen-bond donors (Lipinski definition) is 0. The van der Waals surface area contributed by atoms with E-state index in [-0.39, 0.29) is 11.5 Å². The zero-order chi connectivity index (χ0) is 15.0. The van der Waals surface area contributed by atoms with Crippen molar-refractivity contribution in [2.45, 2.75) is 31.2 Å². The lowest BCUT2D eigenvalue weighted by atomic mass is 9.91. The molecule has 0 spiro atoms. The monoisotopic (exact) mass is 295 g/mol. The van der Waals surface area contributed by atoms with Gasteiger partial charge in [0.25, 0.3) is 0 Å². The molecule has 1 unspecified atom stereocenters. The molecule has 110 valence electrons. The quantitative estimate of drug-likeness (QED) is 0.802. The van der Waals surface area contributed by atoms with Gasteiger partial charge in [-0.3, -0.25) is 0 Å². The van der Waals surface area contributed by atoms with Crippen LogP contribution in [-0.4, -0.2) is 32.4 Å². The third kappa shape index (κ3) is 2.74. The van der Waals surface area contributed by atoms with Gasteiger partial charge < -0.3 is 4.74 Å². The highest BCUT2D eigenvalue weighted by atomic mass is 32.2. The van der Waals surface area contributed by atoms with Gasteiger partial charge in [0.2, 0.25) is 10.0 Å². The van der Waals surface area contributed by atoms with Gasteiger partial charge in [-0.15, -0.1) is 6.58 Å². The first-order chi connectivity index (χ1) is 9.30. The Morgan fingerprint density at radius 2 is 1.95 bits per heavy atom. The minimum absolute atomic E-state index is 0.0294. The van der Waals surface area contributed by atoms with Crippen molar-refractivity contribution in [3.05, 3.63) is 36.9 Å². The molecule has 1 aliphatic heterocycles. The van der Waals surface area contributed by atoms with E-state index >= 15 is 0 Å². The molecule has 1 atom stereocenters. The molecular formula is C15H21NO3S. The fourth-order valence-electron chi connectivity index (χ4n) is 2.62. The first-order valence-electron chi connectivity index (χ1n) is 6.59. The number of rotatable bonds is 4. The molecule has 0 aromatic heterocycles. The van der Waals surface area contributed by atoms with Gasteiger partial charge in [-0.2, -0.15) is 4.31 Å².